The molecule has 0 aromatic carbocycles. The summed E-state index contributed by atoms with van der Waals surface area (Å²) in [6.07, 6.45) is -1.71. The summed E-state index contributed by atoms with van der Waals surface area (Å²) >= 11 is -4.15. The van der Waals surface area contributed by atoms with Gasteiger partial charge in [-0.05, 0) is 12.8 Å². The third-order valence-electron chi connectivity index (χ3n) is 1.53. The maximum absolute atomic E-state index is 12.6. The van der Waals surface area contributed by atoms with Gasteiger partial charge in [-0.25, -0.2) is 0 Å². The van der Waals surface area contributed by atoms with Crippen molar-refractivity contribution in [3.63, 3.8) is 0 Å². The first-order valence-electron chi connectivity index (χ1n) is 3.71. The molecule has 0 radical (unpaired) electrons. The smallest absolute Gasteiger partial charge is 0.371 e. The molecule has 1 atom stereocenters. The Morgan fingerprint density at radius 1 is 1.20 bits per heavy atom. The van der Waals surface area contributed by atoms with Crippen LogP contribution in [0.5, 0.6) is 0 Å². The second kappa shape index (κ2) is 6.29. The predicted molar refractivity (Wildman–Crippen MR) is 46.2 cm³/mol. The zero-order chi connectivity index (χ0) is 11.4. The predicted octanol–water partition coefficient (Wildman–Crippen LogP) is 1.71. The number of unbranched alkanes of at least 4 members (excludes halogenated alkanes) is 1. The highest BCUT2D eigenvalue weighted by Gasteiger charge is 2.56. The fraction of sp³-hybridized carbons (Fsp3) is 0.857. The molecule has 1 unspecified atom stereocenters. The van der Waals surface area contributed by atoms with Crippen LogP contribution in [0.25, 0.3) is 0 Å². The second-order valence-corrected chi connectivity index (χ2v) is 3.62. The molecule has 0 aromatic rings. The zero-order valence-corrected chi connectivity index (χ0v) is 8.83. The average Bonchev–Trinajstić information content (AvgIpc) is 2.04. The highest BCUT2D eigenvalue weighted by Crippen LogP contribution is 2.39. The molecule has 0 amide bonds. The van der Waals surface area contributed by atoms with Crippen LogP contribution >= 0.6 is 0 Å². The Morgan fingerprint density at radius 2 is 1.67 bits per heavy atom. The molecule has 0 aliphatic carbocycles. The topological polar surface area (TPSA) is 60.4 Å². The van der Waals surface area contributed by atoms with E-state index in [2.05, 4.69) is 0 Å². The molecule has 0 heterocycles. The van der Waals surface area contributed by atoms with Crippen molar-refractivity contribution in [2.24, 2.45) is 0 Å². The Bertz CT molecular complexity index is 210. The SMILES string of the molecule is O=S([O-])C(F)(F)C(F)(F)CCCCO.[CH3+]. The molecule has 3 nitrogen and oxygen atoms in total. The van der Waals surface area contributed by atoms with Crippen LogP contribution in [-0.2, 0) is 11.1 Å². The van der Waals surface area contributed by atoms with Gasteiger partial charge in [0, 0.05) is 31.5 Å². The first-order valence-corrected chi connectivity index (χ1v) is 4.79. The summed E-state index contributed by atoms with van der Waals surface area (Å²) in [6, 6.07) is 0. The Morgan fingerprint density at radius 3 is 2.00 bits per heavy atom. The fourth-order valence-electron chi connectivity index (χ4n) is 0.726. The standard InChI is InChI=1S/C6H10F4O3S.CH3/c7-5(8,3-1-2-4-11)6(9,10)14(12)13;/h11H,1-4H2,(H,12,13);1H3/q;+1/p-1. The highest BCUT2D eigenvalue weighted by atomic mass is 32.2. The monoisotopic (exact) mass is 252 g/mol. The number of rotatable bonds is 6. The molecule has 0 aliphatic rings. The van der Waals surface area contributed by atoms with Gasteiger partial charge in [0.15, 0.2) is 0 Å². The minimum Gasteiger partial charge on any atom is -0.768 e. The van der Waals surface area contributed by atoms with Gasteiger partial charge < -0.3 is 9.66 Å². The minimum atomic E-state index is -5.05. The van der Waals surface area contributed by atoms with Crippen LogP contribution in [0.15, 0.2) is 0 Å². The van der Waals surface area contributed by atoms with E-state index in [0.29, 0.717) is 0 Å². The quantitative estimate of drug-likeness (QED) is 0.339. The van der Waals surface area contributed by atoms with Crippen LogP contribution in [0, 0.1) is 7.43 Å². The van der Waals surface area contributed by atoms with Gasteiger partial charge in [0.05, 0.1) is 0 Å². The van der Waals surface area contributed by atoms with Gasteiger partial charge >= 0.3 is 11.2 Å². The first-order chi connectivity index (χ1) is 6.25. The average molecular weight is 252 g/mol. The van der Waals surface area contributed by atoms with E-state index in [9.17, 15) is 26.3 Å². The lowest BCUT2D eigenvalue weighted by Gasteiger charge is -2.27. The zero-order valence-electron chi connectivity index (χ0n) is 8.01. The van der Waals surface area contributed by atoms with Crippen molar-refractivity contribution in [3.05, 3.63) is 7.43 Å². The van der Waals surface area contributed by atoms with Gasteiger partial charge in [0.1, 0.15) is 0 Å². The molecule has 0 saturated heterocycles. The van der Waals surface area contributed by atoms with Crippen LogP contribution in [-0.4, -0.2) is 31.7 Å². The van der Waals surface area contributed by atoms with E-state index in [1.165, 1.54) is 0 Å². The van der Waals surface area contributed by atoms with Gasteiger partial charge in [0.25, 0.3) is 0 Å². The van der Waals surface area contributed by atoms with Crippen molar-refractivity contribution in [1.29, 1.82) is 0 Å². The van der Waals surface area contributed by atoms with Gasteiger partial charge in [-0.3, -0.25) is 4.21 Å². The maximum atomic E-state index is 12.6. The molecular weight excluding hydrogens is 240 g/mol. The molecule has 0 rings (SSSR count). The third-order valence-corrected chi connectivity index (χ3v) is 2.25. The molecule has 0 spiro atoms. The molecule has 0 saturated carbocycles. The molecule has 92 valence electrons. The number of hydrogen-bond acceptors (Lipinski definition) is 3. The third kappa shape index (κ3) is 4.35. The Labute approximate surface area is 87.8 Å². The van der Waals surface area contributed by atoms with Gasteiger partial charge in [0.2, 0.25) is 0 Å². The lowest BCUT2D eigenvalue weighted by Crippen LogP contribution is -2.43. The first kappa shape index (κ1) is 17.1. The summed E-state index contributed by atoms with van der Waals surface area (Å²) in [5, 5.41) is 3.17. The Hall–Kier alpha value is -0.340. The van der Waals surface area contributed by atoms with E-state index in [1.54, 1.807) is 0 Å². The molecule has 0 aliphatic heterocycles. The molecule has 0 aromatic heterocycles. The summed E-state index contributed by atoms with van der Waals surface area (Å²) in [5.74, 6) is -4.59. The normalized spacial score (nSPS) is 14.5. The summed E-state index contributed by atoms with van der Waals surface area (Å²) in [5.41, 5.74) is 0. The van der Waals surface area contributed by atoms with Gasteiger partial charge in [-0.1, -0.05) is 0 Å². The highest BCUT2D eigenvalue weighted by molar-refractivity contribution is 7.80. The second-order valence-electron chi connectivity index (χ2n) is 2.64. The molecule has 1 N–H and O–H groups in total. The number of alkyl halides is 4. The molecule has 0 fully saturated rings. The number of hydrogen-bond donors (Lipinski definition) is 1. The molecule has 15 heavy (non-hydrogen) atoms. The summed E-state index contributed by atoms with van der Waals surface area (Å²) in [6.45, 7) is -0.401. The Balaban J connectivity index is 0. The largest absolute Gasteiger partial charge is 0.768 e. The van der Waals surface area contributed by atoms with Crippen molar-refractivity contribution in [2.45, 2.75) is 30.4 Å². The summed E-state index contributed by atoms with van der Waals surface area (Å²) in [4.78, 5) is 0. The van der Waals surface area contributed by atoms with Crippen molar-refractivity contribution < 1.29 is 31.4 Å². The van der Waals surface area contributed by atoms with E-state index in [-0.39, 0.29) is 20.3 Å². The molecule has 8 heteroatoms. The van der Waals surface area contributed by atoms with Crippen molar-refractivity contribution in [2.75, 3.05) is 6.61 Å². The van der Waals surface area contributed by atoms with Crippen molar-refractivity contribution in [1.82, 2.24) is 0 Å². The van der Waals surface area contributed by atoms with E-state index in [0.717, 1.165) is 0 Å². The number of aliphatic hydroxyl groups is 1. The number of aliphatic hydroxyl groups excluding tert-OH is 1. The van der Waals surface area contributed by atoms with Crippen molar-refractivity contribution >= 4 is 11.1 Å². The van der Waals surface area contributed by atoms with E-state index < -0.39 is 35.3 Å². The van der Waals surface area contributed by atoms with Crippen LogP contribution in [0.3, 0.4) is 0 Å². The van der Waals surface area contributed by atoms with Gasteiger partial charge in [-0.2, -0.15) is 17.6 Å². The molecule has 0 bridgehead atoms. The van der Waals surface area contributed by atoms with Crippen LogP contribution in [0.4, 0.5) is 17.6 Å². The number of halogens is 4. The van der Waals surface area contributed by atoms with Crippen molar-refractivity contribution in [3.8, 4) is 0 Å². The molecular formula is C7H12F4O3S. The van der Waals surface area contributed by atoms with E-state index in [4.69, 9.17) is 5.11 Å². The van der Waals surface area contributed by atoms with E-state index in [1.807, 2.05) is 0 Å². The van der Waals surface area contributed by atoms with Crippen LogP contribution in [0.2, 0.25) is 0 Å². The van der Waals surface area contributed by atoms with E-state index >= 15 is 0 Å². The summed E-state index contributed by atoms with van der Waals surface area (Å²) in [7, 11) is 0. The van der Waals surface area contributed by atoms with Crippen LogP contribution in [0.1, 0.15) is 19.3 Å². The lowest BCUT2D eigenvalue weighted by atomic mass is 10.1. The summed E-state index contributed by atoms with van der Waals surface area (Å²) < 4.78 is 69.4. The Kier molecular flexibility index (Phi) is 7.15. The van der Waals surface area contributed by atoms with Crippen LogP contribution < -0.4 is 0 Å². The van der Waals surface area contributed by atoms with Gasteiger partial charge in [-0.15, -0.1) is 0 Å². The maximum Gasteiger partial charge on any atom is 0.371 e. The lowest BCUT2D eigenvalue weighted by molar-refractivity contribution is -0.162. The minimum absolute atomic E-state index is 0. The fourth-order valence-corrected chi connectivity index (χ4v) is 1.07.